The number of rotatable bonds is 3. The Hall–Kier alpha value is -4.26. The number of hydrogen-bond donors (Lipinski definition) is 1. The predicted octanol–water partition coefficient (Wildman–Crippen LogP) is 4.37. The highest BCUT2D eigenvalue weighted by molar-refractivity contribution is 6.51. The number of nitrogens with zero attached hydrogens (tertiary/aromatic N) is 1. The number of aliphatic hydroxyl groups excluding tert-OH is 1. The fourth-order valence-electron chi connectivity index (χ4n) is 4.81. The topological polar surface area (TPSA) is 85.3 Å². The minimum Gasteiger partial charge on any atom is -0.507 e. The molecule has 170 valence electrons. The number of ketones is 1. The van der Waals surface area contributed by atoms with Gasteiger partial charge in [0.15, 0.2) is 11.5 Å². The Balaban J connectivity index is 1.51. The summed E-state index contributed by atoms with van der Waals surface area (Å²) in [7, 11) is 0. The lowest BCUT2D eigenvalue weighted by Crippen LogP contribution is -2.29. The van der Waals surface area contributed by atoms with Crippen LogP contribution in [0, 0.1) is 0 Å². The van der Waals surface area contributed by atoms with E-state index in [1.54, 1.807) is 30.3 Å². The maximum Gasteiger partial charge on any atom is 0.300 e. The largest absolute Gasteiger partial charge is 0.507 e. The van der Waals surface area contributed by atoms with Crippen molar-refractivity contribution in [3.63, 3.8) is 0 Å². The second kappa shape index (κ2) is 7.66. The highest BCUT2D eigenvalue weighted by atomic mass is 16.7. The van der Waals surface area contributed by atoms with Crippen LogP contribution in [0.1, 0.15) is 29.7 Å². The van der Waals surface area contributed by atoms with E-state index in [0.717, 1.165) is 11.3 Å². The zero-order valence-corrected chi connectivity index (χ0v) is 18.4. The molecule has 2 atom stereocenters. The van der Waals surface area contributed by atoms with E-state index >= 15 is 0 Å². The monoisotopic (exact) mass is 455 g/mol. The molecule has 34 heavy (non-hydrogen) atoms. The fourth-order valence-corrected chi connectivity index (χ4v) is 4.81. The molecule has 0 bridgehead atoms. The van der Waals surface area contributed by atoms with Crippen molar-refractivity contribution >= 4 is 23.1 Å². The van der Waals surface area contributed by atoms with Crippen molar-refractivity contribution in [2.45, 2.75) is 25.5 Å². The molecule has 0 aromatic heterocycles. The Morgan fingerprint density at radius 2 is 1.71 bits per heavy atom. The fraction of sp³-hybridized carbons (Fsp3) is 0.185. The normalized spacial score (nSPS) is 22.1. The third kappa shape index (κ3) is 3.12. The van der Waals surface area contributed by atoms with Crippen LogP contribution >= 0.6 is 0 Å². The van der Waals surface area contributed by atoms with Crippen molar-refractivity contribution in [1.29, 1.82) is 0 Å². The molecule has 7 nitrogen and oxygen atoms in total. The first-order valence-corrected chi connectivity index (χ1v) is 11.1. The van der Waals surface area contributed by atoms with Crippen LogP contribution in [0.2, 0.25) is 0 Å². The van der Waals surface area contributed by atoms with Gasteiger partial charge < -0.3 is 19.3 Å². The molecule has 3 aliphatic rings. The minimum atomic E-state index is -0.801. The number of fused-ring (bicyclic) bond motifs is 2. The Bertz CT molecular complexity index is 1360. The van der Waals surface area contributed by atoms with Gasteiger partial charge in [-0.15, -0.1) is 0 Å². The number of Topliss-reactive ketones (excluding diaryl/α,β-unsaturated/α-hetero) is 1. The third-order valence-corrected chi connectivity index (χ3v) is 6.36. The van der Waals surface area contributed by atoms with E-state index in [4.69, 9.17) is 14.2 Å². The lowest BCUT2D eigenvalue weighted by molar-refractivity contribution is -0.132. The van der Waals surface area contributed by atoms with Crippen molar-refractivity contribution in [2.24, 2.45) is 0 Å². The second-order valence-corrected chi connectivity index (χ2v) is 8.57. The van der Waals surface area contributed by atoms with Crippen LogP contribution in [-0.4, -0.2) is 29.7 Å². The first kappa shape index (κ1) is 20.4. The standard InChI is InChI=1S/C27H21NO6/c1-15-11-18-12-17(7-9-20(18)34-15)25(29)23-24(16-5-3-2-4-6-16)28(27(31)26(23)30)19-8-10-21-22(13-19)33-14-32-21/h2-10,12-13,15,24,29H,11,14H2,1H3/b25-23+. The summed E-state index contributed by atoms with van der Waals surface area (Å²) in [6, 6.07) is 18.8. The van der Waals surface area contributed by atoms with E-state index in [2.05, 4.69) is 0 Å². The molecule has 1 amide bonds. The SMILES string of the molecule is CC1Cc2cc(/C(O)=C3\C(=O)C(=O)N(c4ccc5c(c4)OCO5)C3c3ccccc3)ccc2O1. The Labute approximate surface area is 195 Å². The molecule has 0 radical (unpaired) electrons. The van der Waals surface area contributed by atoms with E-state index in [9.17, 15) is 14.7 Å². The van der Waals surface area contributed by atoms with E-state index in [0.29, 0.717) is 34.7 Å². The number of hydrogen-bond acceptors (Lipinski definition) is 6. The molecular formula is C27H21NO6. The van der Waals surface area contributed by atoms with Crippen molar-refractivity contribution in [2.75, 3.05) is 11.7 Å². The summed E-state index contributed by atoms with van der Waals surface area (Å²) >= 11 is 0. The maximum absolute atomic E-state index is 13.3. The Morgan fingerprint density at radius 3 is 2.53 bits per heavy atom. The summed E-state index contributed by atoms with van der Waals surface area (Å²) in [4.78, 5) is 28.0. The predicted molar refractivity (Wildman–Crippen MR) is 124 cm³/mol. The van der Waals surface area contributed by atoms with Crippen LogP contribution in [0.15, 0.2) is 72.3 Å². The zero-order valence-electron chi connectivity index (χ0n) is 18.4. The third-order valence-electron chi connectivity index (χ3n) is 6.36. The molecule has 0 saturated carbocycles. The molecule has 3 aromatic rings. The molecule has 2 unspecified atom stereocenters. The average molecular weight is 455 g/mol. The van der Waals surface area contributed by atoms with Crippen molar-refractivity contribution in [1.82, 2.24) is 0 Å². The lowest BCUT2D eigenvalue weighted by atomic mass is 9.94. The zero-order chi connectivity index (χ0) is 23.4. The summed E-state index contributed by atoms with van der Waals surface area (Å²) in [6.45, 7) is 2.08. The van der Waals surface area contributed by atoms with Crippen LogP contribution in [0.25, 0.3) is 5.76 Å². The molecule has 3 heterocycles. The quantitative estimate of drug-likeness (QED) is 0.359. The number of aliphatic hydroxyl groups is 1. The highest BCUT2D eigenvalue weighted by Crippen LogP contribution is 2.45. The number of anilines is 1. The molecule has 1 fully saturated rings. The number of amides is 1. The van der Waals surface area contributed by atoms with Crippen LogP contribution in [-0.2, 0) is 16.0 Å². The minimum absolute atomic E-state index is 0.0424. The first-order valence-electron chi connectivity index (χ1n) is 11.1. The van der Waals surface area contributed by atoms with Crippen LogP contribution in [0.3, 0.4) is 0 Å². The van der Waals surface area contributed by atoms with Gasteiger partial charge in [0.25, 0.3) is 11.7 Å². The van der Waals surface area contributed by atoms with Gasteiger partial charge in [-0.3, -0.25) is 14.5 Å². The van der Waals surface area contributed by atoms with Crippen LogP contribution < -0.4 is 19.1 Å². The Morgan fingerprint density at radius 1 is 0.941 bits per heavy atom. The molecule has 6 rings (SSSR count). The van der Waals surface area contributed by atoms with E-state index in [1.165, 1.54) is 4.90 Å². The number of ether oxygens (including phenoxy) is 3. The van der Waals surface area contributed by atoms with Crippen LogP contribution in [0.5, 0.6) is 17.2 Å². The lowest BCUT2D eigenvalue weighted by Gasteiger charge is -2.25. The number of benzene rings is 3. The molecular weight excluding hydrogens is 434 g/mol. The van der Waals surface area contributed by atoms with E-state index in [-0.39, 0.29) is 24.2 Å². The summed E-state index contributed by atoms with van der Waals surface area (Å²) < 4.78 is 16.6. The molecule has 3 aromatic carbocycles. The van der Waals surface area contributed by atoms with Gasteiger partial charge in [-0.2, -0.15) is 0 Å². The molecule has 7 heteroatoms. The summed E-state index contributed by atoms with van der Waals surface area (Å²) in [5.41, 5.74) is 2.66. The summed E-state index contributed by atoms with van der Waals surface area (Å²) in [6.07, 6.45) is 0.762. The second-order valence-electron chi connectivity index (χ2n) is 8.57. The van der Waals surface area contributed by atoms with Gasteiger partial charge >= 0.3 is 0 Å². The number of carbonyl (C=O) groups excluding carboxylic acids is 2. The van der Waals surface area contributed by atoms with Gasteiger partial charge in [-0.25, -0.2) is 0 Å². The van der Waals surface area contributed by atoms with Gasteiger partial charge in [-0.1, -0.05) is 30.3 Å². The highest BCUT2D eigenvalue weighted by Gasteiger charge is 2.47. The van der Waals surface area contributed by atoms with Crippen molar-refractivity contribution < 1.29 is 28.9 Å². The van der Waals surface area contributed by atoms with Gasteiger partial charge in [0.1, 0.15) is 17.6 Å². The molecule has 3 aliphatic heterocycles. The molecule has 1 saturated heterocycles. The van der Waals surface area contributed by atoms with Gasteiger partial charge in [0, 0.05) is 23.7 Å². The van der Waals surface area contributed by atoms with E-state index in [1.807, 2.05) is 43.3 Å². The molecule has 0 aliphatic carbocycles. The smallest absolute Gasteiger partial charge is 0.300 e. The van der Waals surface area contributed by atoms with E-state index < -0.39 is 17.7 Å². The van der Waals surface area contributed by atoms with Crippen LogP contribution in [0.4, 0.5) is 5.69 Å². The number of carbonyl (C=O) groups is 2. The summed E-state index contributed by atoms with van der Waals surface area (Å²) in [5.74, 6) is 0.175. The molecule has 1 N–H and O–H groups in total. The molecule has 0 spiro atoms. The summed E-state index contributed by atoms with van der Waals surface area (Å²) in [5, 5.41) is 11.4. The first-order chi connectivity index (χ1) is 16.5. The van der Waals surface area contributed by atoms with Crippen molar-refractivity contribution in [3.05, 3.63) is 89.0 Å². The van der Waals surface area contributed by atoms with Gasteiger partial charge in [0.05, 0.1) is 11.6 Å². The Kier molecular flexibility index (Phi) is 4.58. The maximum atomic E-state index is 13.3. The van der Waals surface area contributed by atoms with Gasteiger partial charge in [0.2, 0.25) is 6.79 Å². The van der Waals surface area contributed by atoms with Gasteiger partial charge in [-0.05, 0) is 48.4 Å². The van der Waals surface area contributed by atoms with Crippen molar-refractivity contribution in [3.8, 4) is 17.2 Å². The average Bonchev–Trinajstić information content (AvgIpc) is 3.53.